The van der Waals surface area contributed by atoms with Gasteiger partial charge in [-0.2, -0.15) is 0 Å². The number of hydrogen-bond donors (Lipinski definition) is 1. The lowest BCUT2D eigenvalue weighted by Gasteiger charge is -2.00. The van der Waals surface area contributed by atoms with Crippen molar-refractivity contribution in [3.63, 3.8) is 0 Å². The van der Waals surface area contributed by atoms with Crippen LogP contribution in [0.15, 0.2) is 20.6 Å². The van der Waals surface area contributed by atoms with E-state index in [0.717, 1.165) is 25.8 Å². The molecule has 7 nitrogen and oxygen atoms in total. The largest absolute Gasteiger partial charge is 0.383 e. The van der Waals surface area contributed by atoms with E-state index in [4.69, 9.17) is 4.74 Å². The molecule has 23 heavy (non-hydrogen) atoms. The number of rotatable bonds is 7. The maximum absolute atomic E-state index is 12.1. The van der Waals surface area contributed by atoms with Crippen molar-refractivity contribution in [2.75, 3.05) is 25.6 Å². The van der Waals surface area contributed by atoms with Gasteiger partial charge in [-0.1, -0.05) is 23.1 Å². The summed E-state index contributed by atoms with van der Waals surface area (Å²) in [6, 6.07) is 1.58. The first kappa shape index (κ1) is 16.4. The second-order valence-electron chi connectivity index (χ2n) is 4.66. The van der Waals surface area contributed by atoms with Crippen LogP contribution in [0.1, 0.15) is 11.4 Å². The Kier molecular flexibility index (Phi) is 5.26. The van der Waals surface area contributed by atoms with Crippen molar-refractivity contribution in [1.82, 2.24) is 19.6 Å². The molecule has 0 radical (unpaired) electrons. The summed E-state index contributed by atoms with van der Waals surface area (Å²) in [6.07, 6.45) is 0. The molecule has 0 amide bonds. The van der Waals surface area contributed by atoms with Crippen LogP contribution in [0.4, 0.5) is 5.13 Å². The fourth-order valence-corrected chi connectivity index (χ4v) is 4.47. The van der Waals surface area contributed by atoms with E-state index in [1.165, 1.54) is 34.4 Å². The monoisotopic (exact) mass is 369 g/mol. The smallest absolute Gasteiger partial charge is 0.258 e. The van der Waals surface area contributed by atoms with Crippen LogP contribution < -0.4 is 10.9 Å². The molecule has 0 saturated heterocycles. The van der Waals surface area contributed by atoms with Crippen LogP contribution in [0.2, 0.25) is 0 Å². The average Bonchev–Trinajstić information content (AvgIpc) is 3.13. The number of methoxy groups -OCH3 is 1. The number of thioether (sulfide) groups is 1. The van der Waals surface area contributed by atoms with E-state index in [-0.39, 0.29) is 5.56 Å². The van der Waals surface area contributed by atoms with Gasteiger partial charge in [-0.15, -0.1) is 21.5 Å². The second kappa shape index (κ2) is 7.39. The molecule has 122 valence electrons. The molecule has 0 aromatic carbocycles. The van der Waals surface area contributed by atoms with Crippen molar-refractivity contribution in [2.45, 2.75) is 17.0 Å². The Morgan fingerprint density at radius 2 is 2.30 bits per heavy atom. The quantitative estimate of drug-likeness (QED) is 0.505. The van der Waals surface area contributed by atoms with Crippen molar-refractivity contribution in [3.05, 3.63) is 33.2 Å². The van der Waals surface area contributed by atoms with E-state index < -0.39 is 0 Å². The lowest BCUT2D eigenvalue weighted by molar-refractivity contribution is 0.211. The van der Waals surface area contributed by atoms with E-state index in [0.29, 0.717) is 18.9 Å². The predicted octanol–water partition coefficient (Wildman–Crippen LogP) is 2.27. The Hall–Kier alpha value is -1.49. The molecule has 0 atom stereocenters. The number of nitrogens with one attached hydrogen (secondary N) is 1. The molecule has 3 heterocycles. The third kappa shape index (κ3) is 3.89. The zero-order chi connectivity index (χ0) is 16.2. The van der Waals surface area contributed by atoms with Crippen LogP contribution in [0.25, 0.3) is 4.96 Å². The number of nitrogens with zero attached hydrogens (tertiary/aromatic N) is 4. The summed E-state index contributed by atoms with van der Waals surface area (Å²) in [4.78, 5) is 17.4. The van der Waals surface area contributed by atoms with Crippen LogP contribution in [-0.4, -0.2) is 39.8 Å². The standard InChI is InChI=1S/C13H15N5O2S3/c1-8-6-21-12-15-9(5-10(19)18(8)12)7-22-13-17-16-11(23-13)14-3-4-20-2/h5-6H,3-4,7H2,1-2H3,(H,14,16). The number of fused-ring (bicyclic) bond motifs is 1. The minimum Gasteiger partial charge on any atom is -0.383 e. The Morgan fingerprint density at radius 1 is 1.43 bits per heavy atom. The molecule has 3 aromatic rings. The predicted molar refractivity (Wildman–Crippen MR) is 93.9 cm³/mol. The molecule has 10 heteroatoms. The van der Waals surface area contributed by atoms with Crippen molar-refractivity contribution < 1.29 is 4.74 Å². The summed E-state index contributed by atoms with van der Waals surface area (Å²) in [5.74, 6) is 0.593. The molecule has 0 saturated carbocycles. The summed E-state index contributed by atoms with van der Waals surface area (Å²) in [6.45, 7) is 3.22. The molecule has 0 bridgehead atoms. The zero-order valence-electron chi connectivity index (χ0n) is 12.6. The van der Waals surface area contributed by atoms with E-state index in [9.17, 15) is 4.79 Å². The highest BCUT2D eigenvalue weighted by molar-refractivity contribution is 8.00. The van der Waals surface area contributed by atoms with Gasteiger partial charge in [0.15, 0.2) is 9.30 Å². The Morgan fingerprint density at radius 3 is 3.13 bits per heavy atom. The van der Waals surface area contributed by atoms with E-state index in [1.54, 1.807) is 17.6 Å². The highest BCUT2D eigenvalue weighted by atomic mass is 32.2. The highest BCUT2D eigenvalue weighted by Gasteiger charge is 2.09. The lowest BCUT2D eigenvalue weighted by Crippen LogP contribution is -2.14. The summed E-state index contributed by atoms with van der Waals surface area (Å²) in [5.41, 5.74) is 1.63. The first-order valence-corrected chi connectivity index (χ1v) is 9.51. The first-order valence-electron chi connectivity index (χ1n) is 6.83. The Balaban J connectivity index is 1.65. The van der Waals surface area contributed by atoms with Crippen molar-refractivity contribution >= 4 is 44.5 Å². The summed E-state index contributed by atoms with van der Waals surface area (Å²) >= 11 is 4.48. The number of aromatic nitrogens is 4. The maximum atomic E-state index is 12.1. The lowest BCUT2D eigenvalue weighted by atomic mass is 10.4. The fraction of sp³-hybridized carbons (Fsp3) is 0.385. The van der Waals surface area contributed by atoms with Crippen LogP contribution in [-0.2, 0) is 10.5 Å². The SMILES string of the molecule is COCCNc1nnc(SCc2cc(=O)n3c(C)csc3n2)s1. The van der Waals surface area contributed by atoms with Crippen molar-refractivity contribution in [3.8, 4) is 0 Å². The summed E-state index contributed by atoms with van der Waals surface area (Å²) < 4.78 is 7.44. The van der Waals surface area contributed by atoms with Crippen LogP contribution >= 0.6 is 34.4 Å². The summed E-state index contributed by atoms with van der Waals surface area (Å²) in [5, 5.41) is 14.0. The molecule has 1 N–H and O–H groups in total. The molecule has 0 spiro atoms. The van der Waals surface area contributed by atoms with Crippen LogP contribution in [0.3, 0.4) is 0 Å². The van der Waals surface area contributed by atoms with Gasteiger partial charge in [0.2, 0.25) is 5.13 Å². The molecular formula is C13H15N5O2S3. The summed E-state index contributed by atoms with van der Waals surface area (Å²) in [7, 11) is 1.66. The Bertz CT molecular complexity index is 857. The van der Waals surface area contributed by atoms with Gasteiger partial charge in [0.25, 0.3) is 5.56 Å². The third-order valence-corrected chi connectivity index (χ3v) is 5.95. The van der Waals surface area contributed by atoms with Crippen molar-refractivity contribution in [2.24, 2.45) is 0 Å². The molecular weight excluding hydrogens is 354 g/mol. The molecule has 0 aliphatic rings. The maximum Gasteiger partial charge on any atom is 0.258 e. The van der Waals surface area contributed by atoms with E-state index in [2.05, 4.69) is 20.5 Å². The normalized spacial score (nSPS) is 11.2. The average molecular weight is 369 g/mol. The molecule has 0 unspecified atom stereocenters. The van der Waals surface area contributed by atoms with Crippen LogP contribution in [0.5, 0.6) is 0 Å². The minimum absolute atomic E-state index is 0.0384. The number of hydrogen-bond acceptors (Lipinski definition) is 9. The number of ether oxygens (including phenoxy) is 1. The number of thiazole rings is 1. The van der Waals surface area contributed by atoms with Gasteiger partial charge in [0.05, 0.1) is 12.3 Å². The van der Waals surface area contributed by atoms with Gasteiger partial charge in [-0.25, -0.2) is 4.98 Å². The molecule has 0 aliphatic carbocycles. The van der Waals surface area contributed by atoms with Crippen molar-refractivity contribution in [1.29, 1.82) is 0 Å². The molecule has 3 aromatic heterocycles. The van der Waals surface area contributed by atoms with Gasteiger partial charge >= 0.3 is 0 Å². The third-order valence-electron chi connectivity index (χ3n) is 2.96. The van der Waals surface area contributed by atoms with E-state index in [1.807, 2.05) is 12.3 Å². The first-order chi connectivity index (χ1) is 11.2. The minimum atomic E-state index is -0.0384. The molecule has 0 aliphatic heterocycles. The number of aryl methyl sites for hydroxylation is 1. The Labute approximate surface area is 144 Å². The van der Waals surface area contributed by atoms with Gasteiger partial charge in [-0.05, 0) is 6.92 Å². The molecule has 3 rings (SSSR count). The van der Waals surface area contributed by atoms with Gasteiger partial charge in [0, 0.05) is 36.5 Å². The second-order valence-corrected chi connectivity index (χ2v) is 7.70. The van der Waals surface area contributed by atoms with Gasteiger partial charge in [-0.3, -0.25) is 9.20 Å². The van der Waals surface area contributed by atoms with Gasteiger partial charge in [0.1, 0.15) is 0 Å². The number of anilines is 1. The van der Waals surface area contributed by atoms with E-state index >= 15 is 0 Å². The van der Waals surface area contributed by atoms with Crippen LogP contribution in [0, 0.1) is 6.92 Å². The topological polar surface area (TPSA) is 81.4 Å². The van der Waals surface area contributed by atoms with Gasteiger partial charge < -0.3 is 10.1 Å². The highest BCUT2D eigenvalue weighted by Crippen LogP contribution is 2.27. The molecule has 0 fully saturated rings. The fourth-order valence-electron chi connectivity index (χ4n) is 1.91. The zero-order valence-corrected chi connectivity index (χ0v) is 15.1.